The van der Waals surface area contributed by atoms with Crippen molar-refractivity contribution >= 4 is 33.2 Å². The van der Waals surface area contributed by atoms with Crippen molar-refractivity contribution in [2.75, 3.05) is 25.1 Å². The lowest BCUT2D eigenvalue weighted by atomic mass is 10.0. The zero-order valence-corrected chi connectivity index (χ0v) is 19.1. The fraction of sp³-hybridized carbons (Fsp3) is 0.435. The largest absolute Gasteiger partial charge is 0.382 e. The van der Waals surface area contributed by atoms with Gasteiger partial charge in [0.05, 0.1) is 17.6 Å². The van der Waals surface area contributed by atoms with Gasteiger partial charge in [-0.2, -0.15) is 5.10 Å². The Morgan fingerprint density at radius 3 is 2.77 bits per heavy atom. The minimum absolute atomic E-state index is 0.00625. The van der Waals surface area contributed by atoms with E-state index in [9.17, 15) is 4.79 Å². The second-order valence-corrected chi connectivity index (χ2v) is 9.30. The zero-order chi connectivity index (χ0) is 21.4. The molecule has 7 nitrogen and oxygen atoms in total. The molecule has 162 valence electrons. The molecule has 2 N–H and O–H groups in total. The number of halogens is 1. The maximum atomic E-state index is 12.4. The van der Waals surface area contributed by atoms with Crippen LogP contribution in [0.4, 0.5) is 5.69 Å². The van der Waals surface area contributed by atoms with Gasteiger partial charge in [0.15, 0.2) is 5.65 Å². The fourth-order valence-corrected chi connectivity index (χ4v) is 4.39. The van der Waals surface area contributed by atoms with Gasteiger partial charge in [-0.15, -0.1) is 0 Å². The number of anilines is 1. The number of aryl methyl sites for hydroxylation is 1. The molecule has 0 bridgehead atoms. The number of carbonyl (C=O) groups excluding carboxylic acids is 1. The molecule has 1 saturated heterocycles. The quantitative estimate of drug-likeness (QED) is 0.549. The maximum absolute atomic E-state index is 12.4. The molecule has 1 aliphatic carbocycles. The summed E-state index contributed by atoms with van der Waals surface area (Å²) in [5, 5.41) is 11.1. The van der Waals surface area contributed by atoms with Crippen LogP contribution in [0.1, 0.15) is 41.6 Å². The van der Waals surface area contributed by atoms with Crippen LogP contribution >= 0.6 is 15.9 Å². The minimum Gasteiger partial charge on any atom is -0.382 e. The summed E-state index contributed by atoms with van der Waals surface area (Å²) in [6, 6.07) is 8.19. The normalized spacial score (nSPS) is 17.1. The highest BCUT2D eigenvalue weighted by atomic mass is 79.9. The van der Waals surface area contributed by atoms with Gasteiger partial charge in [-0.05, 0) is 78.2 Å². The van der Waals surface area contributed by atoms with Crippen LogP contribution in [0, 0.1) is 12.8 Å². The average Bonchev–Trinajstić information content (AvgIpc) is 3.47. The molecule has 1 aromatic carbocycles. The molecule has 3 aromatic rings. The van der Waals surface area contributed by atoms with Gasteiger partial charge in [-0.3, -0.25) is 4.79 Å². The van der Waals surface area contributed by atoms with Gasteiger partial charge in [-0.1, -0.05) is 6.07 Å². The summed E-state index contributed by atoms with van der Waals surface area (Å²) in [5.41, 5.74) is 5.21. The van der Waals surface area contributed by atoms with E-state index in [1.54, 1.807) is 4.52 Å². The second-order valence-electron chi connectivity index (χ2n) is 8.49. The number of hydrogen-bond donors (Lipinski definition) is 2. The van der Waals surface area contributed by atoms with Gasteiger partial charge in [-0.25, -0.2) is 9.50 Å². The van der Waals surface area contributed by atoms with Crippen LogP contribution in [-0.4, -0.2) is 46.3 Å². The average molecular weight is 484 g/mol. The minimum atomic E-state index is 0.00625. The first-order chi connectivity index (χ1) is 15.1. The van der Waals surface area contributed by atoms with Crippen molar-refractivity contribution in [1.29, 1.82) is 0 Å². The summed E-state index contributed by atoms with van der Waals surface area (Å²) in [5.74, 6) is 0.610. The summed E-state index contributed by atoms with van der Waals surface area (Å²) in [6.07, 6.45) is 6.25. The number of hydrogen-bond acceptors (Lipinski definition) is 5. The Labute approximate surface area is 189 Å². The summed E-state index contributed by atoms with van der Waals surface area (Å²) in [6.45, 7) is 4.53. The lowest BCUT2D eigenvalue weighted by molar-refractivity contribution is 0.0699. The topological polar surface area (TPSA) is 80.6 Å². The Morgan fingerprint density at radius 2 is 2.03 bits per heavy atom. The third-order valence-corrected chi connectivity index (χ3v) is 6.38. The number of nitrogens with one attached hydrogen (secondary N) is 2. The van der Waals surface area contributed by atoms with Crippen molar-refractivity contribution in [3.05, 3.63) is 46.2 Å². The van der Waals surface area contributed by atoms with E-state index in [2.05, 4.69) is 31.7 Å². The van der Waals surface area contributed by atoms with E-state index in [0.717, 1.165) is 83.8 Å². The van der Waals surface area contributed by atoms with Crippen LogP contribution in [0.25, 0.3) is 16.9 Å². The summed E-state index contributed by atoms with van der Waals surface area (Å²) >= 11 is 3.51. The Hall–Kier alpha value is -2.45. The van der Waals surface area contributed by atoms with E-state index in [0.29, 0.717) is 12.0 Å². The first kappa shape index (κ1) is 20.5. The molecule has 2 aromatic heterocycles. The Morgan fingerprint density at radius 1 is 1.23 bits per heavy atom. The van der Waals surface area contributed by atoms with Gasteiger partial charge in [0, 0.05) is 36.9 Å². The monoisotopic (exact) mass is 483 g/mol. The van der Waals surface area contributed by atoms with Crippen LogP contribution in [0.3, 0.4) is 0 Å². The summed E-state index contributed by atoms with van der Waals surface area (Å²) in [4.78, 5) is 17.3. The van der Waals surface area contributed by atoms with Crippen LogP contribution in [0.2, 0.25) is 0 Å². The number of rotatable bonds is 6. The van der Waals surface area contributed by atoms with Crippen molar-refractivity contribution in [3.8, 4) is 11.3 Å². The van der Waals surface area contributed by atoms with Crippen molar-refractivity contribution in [3.63, 3.8) is 0 Å². The molecule has 0 spiro atoms. The molecule has 8 heteroatoms. The van der Waals surface area contributed by atoms with Crippen molar-refractivity contribution < 1.29 is 9.53 Å². The standard InChI is InChI=1S/C23H26BrN5O2/c1-14-10-16(2-5-18(14)23(30)26-17-3-4-17)20-13-29-22(27-20)19(11-21(24)28-29)25-12-15-6-8-31-9-7-15/h2,5,10-11,13,15,17,25H,3-4,6-9,12H2,1H3,(H,26,30). The molecule has 0 atom stereocenters. The van der Waals surface area contributed by atoms with Crippen molar-refractivity contribution in [2.45, 2.75) is 38.6 Å². The van der Waals surface area contributed by atoms with E-state index >= 15 is 0 Å². The van der Waals surface area contributed by atoms with E-state index in [1.165, 1.54) is 0 Å². The highest BCUT2D eigenvalue weighted by molar-refractivity contribution is 9.10. The predicted octanol–water partition coefficient (Wildman–Crippen LogP) is 4.20. The van der Waals surface area contributed by atoms with Crippen LogP contribution in [0.5, 0.6) is 0 Å². The number of ether oxygens (including phenoxy) is 1. The number of benzene rings is 1. The fourth-order valence-electron chi connectivity index (χ4n) is 3.99. The summed E-state index contributed by atoms with van der Waals surface area (Å²) in [7, 11) is 0. The predicted molar refractivity (Wildman–Crippen MR) is 123 cm³/mol. The molecule has 1 amide bonds. The summed E-state index contributed by atoms with van der Waals surface area (Å²) < 4.78 is 8.01. The SMILES string of the molecule is Cc1cc(-c2cn3nc(Br)cc(NCC4CCOCC4)c3n2)ccc1C(=O)NC1CC1. The number of amides is 1. The van der Waals surface area contributed by atoms with E-state index in [1.807, 2.05) is 37.4 Å². The molecule has 1 saturated carbocycles. The lowest BCUT2D eigenvalue weighted by Gasteiger charge is -2.22. The van der Waals surface area contributed by atoms with Crippen molar-refractivity contribution in [2.24, 2.45) is 5.92 Å². The van der Waals surface area contributed by atoms with E-state index < -0.39 is 0 Å². The Kier molecular flexibility index (Phi) is 5.67. The van der Waals surface area contributed by atoms with Crippen LogP contribution in [-0.2, 0) is 4.74 Å². The van der Waals surface area contributed by atoms with Gasteiger partial charge < -0.3 is 15.4 Å². The van der Waals surface area contributed by atoms with Gasteiger partial charge in [0.25, 0.3) is 5.91 Å². The molecule has 2 fully saturated rings. The third-order valence-electron chi connectivity index (χ3n) is 6.00. The Balaban J connectivity index is 1.40. The number of fused-ring (bicyclic) bond motifs is 1. The van der Waals surface area contributed by atoms with Gasteiger partial charge in [0.2, 0.25) is 0 Å². The molecule has 1 aliphatic heterocycles. The highest BCUT2D eigenvalue weighted by Gasteiger charge is 2.24. The molecule has 2 aliphatic rings. The molecule has 3 heterocycles. The molecule has 31 heavy (non-hydrogen) atoms. The van der Waals surface area contributed by atoms with Gasteiger partial charge in [0.1, 0.15) is 4.60 Å². The van der Waals surface area contributed by atoms with Crippen LogP contribution in [0.15, 0.2) is 35.1 Å². The zero-order valence-electron chi connectivity index (χ0n) is 17.5. The Bertz CT molecular complexity index is 1120. The lowest BCUT2D eigenvalue weighted by Crippen LogP contribution is -2.26. The molecular weight excluding hydrogens is 458 g/mol. The second kappa shape index (κ2) is 8.59. The van der Waals surface area contributed by atoms with Gasteiger partial charge >= 0.3 is 0 Å². The number of imidazole rings is 1. The molecule has 5 rings (SSSR count). The number of nitrogens with zero attached hydrogens (tertiary/aromatic N) is 3. The maximum Gasteiger partial charge on any atom is 0.251 e. The van der Waals surface area contributed by atoms with Crippen LogP contribution < -0.4 is 10.6 Å². The number of carbonyl (C=O) groups is 1. The van der Waals surface area contributed by atoms with E-state index in [-0.39, 0.29) is 5.91 Å². The van der Waals surface area contributed by atoms with Crippen molar-refractivity contribution in [1.82, 2.24) is 19.9 Å². The molecular formula is C23H26BrN5O2. The first-order valence-electron chi connectivity index (χ1n) is 10.9. The molecule has 0 radical (unpaired) electrons. The first-order valence-corrected chi connectivity index (χ1v) is 11.7. The third kappa shape index (κ3) is 4.60. The van der Waals surface area contributed by atoms with E-state index in [4.69, 9.17) is 9.72 Å². The highest BCUT2D eigenvalue weighted by Crippen LogP contribution is 2.27. The molecule has 0 unspecified atom stereocenters. The smallest absolute Gasteiger partial charge is 0.251 e. The number of aromatic nitrogens is 3.